The summed E-state index contributed by atoms with van der Waals surface area (Å²) in [5.74, 6) is 0. The molecule has 8 aromatic carbocycles. The van der Waals surface area contributed by atoms with Crippen LogP contribution in [0, 0.1) is 0 Å². The van der Waals surface area contributed by atoms with Gasteiger partial charge in [0.25, 0.3) is 0 Å². The van der Waals surface area contributed by atoms with Crippen molar-refractivity contribution >= 4 is 45.3 Å². The third-order valence-corrected chi connectivity index (χ3v) is 12.4. The molecule has 0 fully saturated rings. The second-order valence-electron chi connectivity index (χ2n) is 15.1. The minimum atomic E-state index is 0.987. The Bertz CT molecular complexity index is 2830. The summed E-state index contributed by atoms with van der Waals surface area (Å²) >= 11 is 1.81. The van der Waals surface area contributed by atoms with Gasteiger partial charge in [0.15, 0.2) is 0 Å². The van der Waals surface area contributed by atoms with Gasteiger partial charge in [-0.15, -0.1) is 11.3 Å². The summed E-state index contributed by atoms with van der Waals surface area (Å²) < 4.78 is 0. The Hall–Kier alpha value is -7.72. The van der Waals surface area contributed by atoms with Crippen molar-refractivity contribution in [2.24, 2.45) is 0 Å². The van der Waals surface area contributed by atoms with Gasteiger partial charge >= 0.3 is 0 Å². The molecule has 9 rings (SSSR count). The number of anilines is 5. The van der Waals surface area contributed by atoms with Gasteiger partial charge in [-0.1, -0.05) is 170 Å². The van der Waals surface area contributed by atoms with E-state index in [-0.39, 0.29) is 0 Å². The Morgan fingerprint density at radius 2 is 0.726 bits per heavy atom. The van der Waals surface area contributed by atoms with Gasteiger partial charge in [-0.3, -0.25) is 0 Å². The first kappa shape index (κ1) is 39.7. The lowest BCUT2D eigenvalue weighted by atomic mass is 10.0. The van der Waals surface area contributed by atoms with Crippen LogP contribution in [-0.2, 0) is 0 Å². The van der Waals surface area contributed by atoms with Gasteiger partial charge in [-0.25, -0.2) is 0 Å². The number of hydrogen-bond acceptors (Lipinski definition) is 3. The predicted octanol–water partition coefficient (Wildman–Crippen LogP) is 17.2. The van der Waals surface area contributed by atoms with Crippen LogP contribution in [0.2, 0.25) is 0 Å². The summed E-state index contributed by atoms with van der Waals surface area (Å²) in [5.41, 5.74) is 15.9. The van der Waals surface area contributed by atoms with E-state index in [9.17, 15) is 0 Å². The van der Waals surface area contributed by atoms with Crippen LogP contribution < -0.4 is 9.80 Å². The largest absolute Gasteiger partial charge is 0.311 e. The first-order valence-corrected chi connectivity index (χ1v) is 21.8. The second kappa shape index (κ2) is 18.7. The van der Waals surface area contributed by atoms with Crippen molar-refractivity contribution in [2.45, 2.75) is 6.92 Å². The number of nitrogens with zero attached hydrogens (tertiary/aromatic N) is 2. The first-order chi connectivity index (χ1) is 30.6. The molecule has 2 nitrogen and oxygen atoms in total. The summed E-state index contributed by atoms with van der Waals surface area (Å²) in [7, 11) is 0. The minimum Gasteiger partial charge on any atom is -0.311 e. The van der Waals surface area contributed by atoms with E-state index in [1.54, 1.807) is 0 Å². The molecule has 0 atom stereocenters. The summed E-state index contributed by atoms with van der Waals surface area (Å²) in [6.45, 7) is 6.43. The molecule has 0 aliphatic heterocycles. The van der Waals surface area contributed by atoms with E-state index in [4.69, 9.17) is 0 Å². The summed E-state index contributed by atoms with van der Waals surface area (Å²) in [4.78, 5) is 7.10. The Morgan fingerprint density at radius 1 is 0.371 bits per heavy atom. The molecule has 0 bridgehead atoms. The van der Waals surface area contributed by atoms with E-state index in [2.05, 4.69) is 266 Å². The molecule has 3 heteroatoms. The number of rotatable bonds is 13. The van der Waals surface area contributed by atoms with Crippen LogP contribution in [-0.4, -0.2) is 0 Å². The van der Waals surface area contributed by atoms with Crippen LogP contribution in [0.4, 0.5) is 28.4 Å². The Balaban J connectivity index is 0.998. The molecular formula is C59H46N2S. The van der Waals surface area contributed by atoms with Crippen LogP contribution in [0.3, 0.4) is 0 Å². The highest BCUT2D eigenvalue weighted by molar-refractivity contribution is 7.16. The number of benzene rings is 8. The lowest BCUT2D eigenvalue weighted by molar-refractivity contribution is 1.21. The van der Waals surface area contributed by atoms with Crippen LogP contribution in [0.1, 0.15) is 11.8 Å². The zero-order valence-electron chi connectivity index (χ0n) is 34.7. The molecule has 0 saturated carbocycles. The van der Waals surface area contributed by atoms with Crippen LogP contribution in [0.5, 0.6) is 0 Å². The summed E-state index contributed by atoms with van der Waals surface area (Å²) in [6, 6.07) is 81.9. The Morgan fingerprint density at radius 3 is 1.15 bits per heavy atom. The maximum absolute atomic E-state index is 4.25. The van der Waals surface area contributed by atoms with Crippen molar-refractivity contribution in [3.63, 3.8) is 0 Å². The molecule has 0 radical (unpaired) electrons. The van der Waals surface area contributed by atoms with Gasteiger partial charge in [-0.05, 0) is 136 Å². The van der Waals surface area contributed by atoms with Gasteiger partial charge < -0.3 is 9.80 Å². The highest BCUT2D eigenvalue weighted by Crippen LogP contribution is 2.39. The molecule has 62 heavy (non-hydrogen) atoms. The van der Waals surface area contributed by atoms with Crippen LogP contribution in [0.15, 0.2) is 261 Å². The molecule has 0 N–H and O–H groups in total. The molecule has 0 aliphatic rings. The molecule has 0 amide bonds. The average molecular weight is 815 g/mol. The summed E-state index contributed by atoms with van der Waals surface area (Å²) in [6.07, 6.45) is 6.30. The fourth-order valence-electron chi connectivity index (χ4n) is 7.78. The van der Waals surface area contributed by atoms with E-state index in [0.717, 1.165) is 45.3 Å². The van der Waals surface area contributed by atoms with E-state index >= 15 is 0 Å². The molecule has 1 aromatic heterocycles. The smallest absolute Gasteiger partial charge is 0.0462 e. The second-order valence-corrected chi connectivity index (χ2v) is 16.2. The fraction of sp³-hybridized carbons (Fsp3) is 0.0169. The molecule has 0 aliphatic carbocycles. The monoisotopic (exact) mass is 814 g/mol. The molecule has 9 aromatic rings. The van der Waals surface area contributed by atoms with Crippen molar-refractivity contribution in [3.05, 3.63) is 266 Å². The average Bonchev–Trinajstić information content (AvgIpc) is 3.86. The number of allylic oxidation sites excluding steroid dienone is 4. The van der Waals surface area contributed by atoms with Gasteiger partial charge in [0.1, 0.15) is 0 Å². The van der Waals surface area contributed by atoms with E-state index in [1.807, 2.05) is 17.4 Å². The zero-order chi connectivity index (χ0) is 42.1. The number of hydrogen-bond donors (Lipinski definition) is 0. The normalized spacial score (nSPS) is 11.6. The van der Waals surface area contributed by atoms with Crippen molar-refractivity contribution in [3.8, 4) is 43.8 Å². The van der Waals surface area contributed by atoms with Gasteiger partial charge in [0.05, 0.1) is 0 Å². The highest BCUT2D eigenvalue weighted by Gasteiger charge is 2.16. The molecule has 1 heterocycles. The van der Waals surface area contributed by atoms with Gasteiger partial charge in [-0.2, -0.15) is 0 Å². The molecule has 0 spiro atoms. The third-order valence-electron chi connectivity index (χ3n) is 11.1. The maximum atomic E-state index is 4.25. The molecule has 298 valence electrons. The number of thiophene rings is 1. The van der Waals surface area contributed by atoms with E-state index in [0.29, 0.717) is 0 Å². The van der Waals surface area contributed by atoms with Crippen molar-refractivity contribution in [2.75, 3.05) is 9.80 Å². The van der Waals surface area contributed by atoms with Gasteiger partial charge in [0.2, 0.25) is 0 Å². The zero-order valence-corrected chi connectivity index (χ0v) is 35.5. The quantitative estimate of drug-likeness (QED) is 0.107. The Kier molecular flexibility index (Phi) is 12.0. The summed E-state index contributed by atoms with van der Waals surface area (Å²) in [5, 5.41) is 0. The Labute approximate surface area is 370 Å². The molecule has 0 unspecified atom stereocenters. The standard InChI is InChI=1S/C59H46N2S/c1-3-52(33-24-44(2)58-42-43-59(62-58)51-20-12-6-13-21-51)60(53-22-14-7-15-23-53)54-34-29-49(30-35-54)50-31-40-57(41-32-50)61(55-36-25-47(26-37-55)45-16-8-4-9-17-45)56-38-27-48(28-39-56)46-18-10-5-11-19-46/h3-43H,1H2,2H3/b44-24+,52-33+. The minimum absolute atomic E-state index is 0.987. The molecular weight excluding hydrogens is 769 g/mol. The molecule has 0 saturated heterocycles. The van der Waals surface area contributed by atoms with Crippen molar-refractivity contribution in [1.29, 1.82) is 0 Å². The van der Waals surface area contributed by atoms with E-state index < -0.39 is 0 Å². The lowest BCUT2D eigenvalue weighted by Gasteiger charge is -2.27. The fourth-order valence-corrected chi connectivity index (χ4v) is 8.77. The van der Waals surface area contributed by atoms with Crippen LogP contribution in [0.25, 0.3) is 49.4 Å². The lowest BCUT2D eigenvalue weighted by Crippen LogP contribution is -2.14. The third kappa shape index (κ3) is 8.90. The predicted molar refractivity (Wildman–Crippen MR) is 268 cm³/mol. The first-order valence-electron chi connectivity index (χ1n) is 20.9. The number of para-hydroxylation sites is 1. The van der Waals surface area contributed by atoms with E-state index in [1.165, 1.54) is 43.1 Å². The highest BCUT2D eigenvalue weighted by atomic mass is 32.1. The van der Waals surface area contributed by atoms with Crippen LogP contribution >= 0.6 is 11.3 Å². The SMILES string of the molecule is C=C/C(=C\C=C(/C)c1ccc(-c2ccccc2)s1)N(c1ccccc1)c1ccc(-c2ccc(N(c3ccc(-c4ccccc4)cc3)c3ccc(-c4ccccc4)cc3)cc2)cc1. The maximum Gasteiger partial charge on any atom is 0.0462 e. The van der Waals surface area contributed by atoms with Crippen molar-refractivity contribution < 1.29 is 0 Å². The van der Waals surface area contributed by atoms with Crippen molar-refractivity contribution in [1.82, 2.24) is 0 Å². The van der Waals surface area contributed by atoms with Gasteiger partial charge in [0, 0.05) is 43.9 Å². The topological polar surface area (TPSA) is 6.48 Å².